The molecule has 0 aliphatic carbocycles. The highest BCUT2D eigenvalue weighted by Gasteiger charge is 2.31. The Labute approximate surface area is 116 Å². The molecule has 1 aromatic carbocycles. The monoisotopic (exact) mass is 259 g/mol. The lowest BCUT2D eigenvalue weighted by Gasteiger charge is -2.27. The van der Waals surface area contributed by atoms with Crippen molar-refractivity contribution in [3.8, 4) is 0 Å². The molecule has 104 valence electrons. The summed E-state index contributed by atoms with van der Waals surface area (Å²) < 4.78 is 0. The zero-order chi connectivity index (χ0) is 14.0. The molecule has 19 heavy (non-hydrogen) atoms. The lowest BCUT2D eigenvalue weighted by Crippen LogP contribution is -2.25. The second-order valence-electron chi connectivity index (χ2n) is 6.70. The third-order valence-corrected chi connectivity index (χ3v) is 4.17. The van der Waals surface area contributed by atoms with Gasteiger partial charge in [-0.2, -0.15) is 0 Å². The molecule has 1 unspecified atom stereocenters. The van der Waals surface area contributed by atoms with Gasteiger partial charge in [0.15, 0.2) is 0 Å². The summed E-state index contributed by atoms with van der Waals surface area (Å²) >= 11 is 0. The van der Waals surface area contributed by atoms with Crippen LogP contribution in [-0.4, -0.2) is 23.8 Å². The first-order valence-corrected chi connectivity index (χ1v) is 7.02. The van der Waals surface area contributed by atoms with E-state index in [9.17, 15) is 0 Å². The van der Waals surface area contributed by atoms with E-state index in [-0.39, 0.29) is 5.84 Å². The van der Waals surface area contributed by atoms with Gasteiger partial charge in [-0.1, -0.05) is 45.0 Å². The highest BCUT2D eigenvalue weighted by atomic mass is 15.1. The number of nitrogens with one attached hydrogen (secondary N) is 1. The largest absolute Gasteiger partial charge is 0.384 e. The summed E-state index contributed by atoms with van der Waals surface area (Å²) in [5, 5.41) is 7.39. The maximum atomic E-state index is 7.39. The number of nitrogens with zero attached hydrogens (tertiary/aromatic N) is 1. The van der Waals surface area contributed by atoms with Crippen LogP contribution in [0.1, 0.15) is 38.3 Å². The molecule has 1 aliphatic heterocycles. The van der Waals surface area contributed by atoms with Gasteiger partial charge in [-0.3, -0.25) is 10.3 Å². The van der Waals surface area contributed by atoms with Crippen LogP contribution in [-0.2, 0) is 6.54 Å². The molecule has 2 rings (SSSR count). The van der Waals surface area contributed by atoms with Crippen LogP contribution < -0.4 is 5.73 Å². The fourth-order valence-electron chi connectivity index (χ4n) is 2.73. The van der Waals surface area contributed by atoms with Gasteiger partial charge in [0, 0.05) is 18.7 Å². The lowest BCUT2D eigenvalue weighted by molar-refractivity contribution is 0.226. The van der Waals surface area contributed by atoms with E-state index >= 15 is 0 Å². The van der Waals surface area contributed by atoms with E-state index in [1.165, 1.54) is 25.1 Å². The zero-order valence-corrected chi connectivity index (χ0v) is 12.2. The summed E-state index contributed by atoms with van der Waals surface area (Å²) in [7, 11) is 0. The molecule has 0 spiro atoms. The maximum Gasteiger partial charge on any atom is 0.122 e. The SMILES string of the molecule is CC(C)(C)C1CCN(Cc2ccc(C(=N)N)cc2)C1. The molecule has 1 aliphatic rings. The molecule has 1 saturated heterocycles. The highest BCUT2D eigenvalue weighted by Crippen LogP contribution is 2.34. The molecule has 3 nitrogen and oxygen atoms in total. The zero-order valence-electron chi connectivity index (χ0n) is 12.2. The number of amidine groups is 1. The van der Waals surface area contributed by atoms with Crippen molar-refractivity contribution in [2.24, 2.45) is 17.1 Å². The Bertz CT molecular complexity index is 442. The topological polar surface area (TPSA) is 53.1 Å². The predicted octanol–water partition coefficient (Wildman–Crippen LogP) is 2.84. The molecule has 0 aromatic heterocycles. The van der Waals surface area contributed by atoms with Gasteiger partial charge in [0.2, 0.25) is 0 Å². The molecule has 1 heterocycles. The van der Waals surface area contributed by atoms with Crippen molar-refractivity contribution in [3.63, 3.8) is 0 Å². The van der Waals surface area contributed by atoms with Gasteiger partial charge in [0.1, 0.15) is 5.84 Å². The summed E-state index contributed by atoms with van der Waals surface area (Å²) in [6.45, 7) is 10.4. The molecule has 1 aromatic rings. The molecule has 3 N–H and O–H groups in total. The standard InChI is InChI=1S/C16H25N3/c1-16(2,3)14-8-9-19(11-14)10-12-4-6-13(7-5-12)15(17)18/h4-7,14H,8-11H2,1-3H3,(H3,17,18). The minimum absolute atomic E-state index is 0.139. The van der Waals surface area contributed by atoms with E-state index in [2.05, 4.69) is 37.8 Å². The summed E-state index contributed by atoms with van der Waals surface area (Å²) in [6.07, 6.45) is 1.30. The summed E-state index contributed by atoms with van der Waals surface area (Å²) in [5.41, 5.74) is 7.98. The summed E-state index contributed by atoms with van der Waals surface area (Å²) in [4.78, 5) is 2.53. The van der Waals surface area contributed by atoms with Crippen molar-refractivity contribution < 1.29 is 0 Å². The van der Waals surface area contributed by atoms with E-state index in [1.54, 1.807) is 0 Å². The molecular weight excluding hydrogens is 234 g/mol. The minimum Gasteiger partial charge on any atom is -0.384 e. The van der Waals surface area contributed by atoms with E-state index in [4.69, 9.17) is 11.1 Å². The van der Waals surface area contributed by atoms with Crippen LogP contribution >= 0.6 is 0 Å². The first-order valence-electron chi connectivity index (χ1n) is 7.02. The molecular formula is C16H25N3. The highest BCUT2D eigenvalue weighted by molar-refractivity contribution is 5.94. The van der Waals surface area contributed by atoms with E-state index in [0.29, 0.717) is 5.41 Å². The van der Waals surface area contributed by atoms with Gasteiger partial charge in [-0.15, -0.1) is 0 Å². The number of nitrogens with two attached hydrogens (primary N) is 1. The first kappa shape index (κ1) is 14.1. The van der Waals surface area contributed by atoms with Crippen LogP contribution in [0.5, 0.6) is 0 Å². The van der Waals surface area contributed by atoms with Crippen LogP contribution in [0.2, 0.25) is 0 Å². The van der Waals surface area contributed by atoms with Crippen LogP contribution in [0, 0.1) is 16.7 Å². The molecule has 0 saturated carbocycles. The fraction of sp³-hybridized carbons (Fsp3) is 0.562. The van der Waals surface area contributed by atoms with Crippen molar-refractivity contribution >= 4 is 5.84 Å². The average Bonchev–Trinajstić information content (AvgIpc) is 2.78. The van der Waals surface area contributed by atoms with Crippen LogP contribution in [0.15, 0.2) is 24.3 Å². The molecule has 0 radical (unpaired) electrons. The Hall–Kier alpha value is -1.35. The second-order valence-corrected chi connectivity index (χ2v) is 6.70. The van der Waals surface area contributed by atoms with E-state index in [0.717, 1.165) is 18.0 Å². The Morgan fingerprint density at radius 3 is 2.42 bits per heavy atom. The number of rotatable bonds is 3. The van der Waals surface area contributed by atoms with Gasteiger partial charge in [-0.25, -0.2) is 0 Å². The number of hydrogen-bond donors (Lipinski definition) is 2. The van der Waals surface area contributed by atoms with Crippen molar-refractivity contribution in [2.45, 2.75) is 33.7 Å². The third-order valence-electron chi connectivity index (χ3n) is 4.17. The molecule has 0 bridgehead atoms. The van der Waals surface area contributed by atoms with Crippen LogP contribution in [0.25, 0.3) is 0 Å². The van der Waals surface area contributed by atoms with Crippen LogP contribution in [0.3, 0.4) is 0 Å². The number of likely N-dealkylation sites (tertiary alicyclic amines) is 1. The second kappa shape index (κ2) is 5.33. The van der Waals surface area contributed by atoms with Gasteiger partial charge < -0.3 is 5.73 Å². The molecule has 1 fully saturated rings. The average molecular weight is 259 g/mol. The van der Waals surface area contributed by atoms with Gasteiger partial charge in [0.05, 0.1) is 0 Å². The first-order chi connectivity index (χ1) is 8.86. The third kappa shape index (κ3) is 3.57. The molecule has 0 amide bonds. The quantitative estimate of drug-likeness (QED) is 0.648. The molecule has 3 heteroatoms. The molecule has 1 atom stereocenters. The van der Waals surface area contributed by atoms with Crippen molar-refractivity contribution in [1.29, 1.82) is 5.41 Å². The Morgan fingerprint density at radius 1 is 1.32 bits per heavy atom. The van der Waals surface area contributed by atoms with Gasteiger partial charge in [0.25, 0.3) is 0 Å². The maximum absolute atomic E-state index is 7.39. The summed E-state index contributed by atoms with van der Waals surface area (Å²) in [5.74, 6) is 0.935. The van der Waals surface area contributed by atoms with Crippen molar-refractivity contribution in [2.75, 3.05) is 13.1 Å². The fourth-order valence-corrected chi connectivity index (χ4v) is 2.73. The number of hydrogen-bond acceptors (Lipinski definition) is 2. The Morgan fingerprint density at radius 2 is 1.95 bits per heavy atom. The predicted molar refractivity (Wildman–Crippen MR) is 80.3 cm³/mol. The lowest BCUT2D eigenvalue weighted by atomic mass is 9.80. The van der Waals surface area contributed by atoms with Gasteiger partial charge in [-0.05, 0) is 29.9 Å². The van der Waals surface area contributed by atoms with Gasteiger partial charge >= 0.3 is 0 Å². The smallest absolute Gasteiger partial charge is 0.122 e. The number of benzene rings is 1. The normalized spacial score (nSPS) is 20.7. The van der Waals surface area contributed by atoms with E-state index in [1.807, 2.05) is 12.1 Å². The number of nitrogen functional groups attached to an aromatic ring is 1. The summed E-state index contributed by atoms with van der Waals surface area (Å²) in [6, 6.07) is 8.05. The van der Waals surface area contributed by atoms with Crippen molar-refractivity contribution in [3.05, 3.63) is 35.4 Å². The van der Waals surface area contributed by atoms with E-state index < -0.39 is 0 Å². The Kier molecular flexibility index (Phi) is 3.95. The van der Waals surface area contributed by atoms with Crippen LogP contribution in [0.4, 0.5) is 0 Å². The van der Waals surface area contributed by atoms with Crippen molar-refractivity contribution in [1.82, 2.24) is 4.90 Å². The Balaban J connectivity index is 1.94. The minimum atomic E-state index is 0.139.